The first-order chi connectivity index (χ1) is 9.72. The van der Waals surface area contributed by atoms with Gasteiger partial charge in [-0.25, -0.2) is 9.37 Å². The lowest BCUT2D eigenvalue weighted by Crippen LogP contribution is -2.15. The van der Waals surface area contributed by atoms with E-state index < -0.39 is 0 Å². The predicted molar refractivity (Wildman–Crippen MR) is 77.5 cm³/mol. The van der Waals surface area contributed by atoms with Gasteiger partial charge in [-0.2, -0.15) is 0 Å². The summed E-state index contributed by atoms with van der Waals surface area (Å²) in [7, 11) is 1.79. The number of anilines is 2. The second-order valence-electron chi connectivity index (χ2n) is 4.53. The van der Waals surface area contributed by atoms with Crippen molar-refractivity contribution in [2.75, 3.05) is 11.9 Å². The van der Waals surface area contributed by atoms with Gasteiger partial charge < -0.3 is 15.0 Å². The number of nitrogens with two attached hydrogens (primary N) is 1. The van der Waals surface area contributed by atoms with Gasteiger partial charge in [-0.15, -0.1) is 0 Å². The van der Waals surface area contributed by atoms with Crippen LogP contribution >= 0.6 is 0 Å². The van der Waals surface area contributed by atoms with Crippen molar-refractivity contribution in [2.24, 2.45) is 5.73 Å². The van der Waals surface area contributed by atoms with Crippen LogP contribution in [0.5, 0.6) is 0 Å². The van der Waals surface area contributed by atoms with Gasteiger partial charge in [0.25, 0.3) is 0 Å². The summed E-state index contributed by atoms with van der Waals surface area (Å²) < 4.78 is 15.8. The number of halogens is 1. The SMILES string of the molecule is CN(c1ccccc1F)c1nc2ccccn2c1CN. The molecule has 0 saturated heterocycles. The Labute approximate surface area is 116 Å². The van der Waals surface area contributed by atoms with E-state index in [-0.39, 0.29) is 5.82 Å². The number of rotatable bonds is 3. The van der Waals surface area contributed by atoms with Crippen molar-refractivity contribution in [1.82, 2.24) is 9.38 Å². The zero-order valence-electron chi connectivity index (χ0n) is 11.1. The highest BCUT2D eigenvalue weighted by atomic mass is 19.1. The molecule has 20 heavy (non-hydrogen) atoms. The Morgan fingerprint density at radius 2 is 1.95 bits per heavy atom. The molecular weight excluding hydrogens is 255 g/mol. The van der Waals surface area contributed by atoms with E-state index in [2.05, 4.69) is 4.98 Å². The summed E-state index contributed by atoms with van der Waals surface area (Å²) in [6, 6.07) is 12.4. The van der Waals surface area contributed by atoms with Crippen molar-refractivity contribution in [1.29, 1.82) is 0 Å². The van der Waals surface area contributed by atoms with E-state index in [1.807, 2.05) is 28.8 Å². The lowest BCUT2D eigenvalue weighted by molar-refractivity contribution is 0.627. The topological polar surface area (TPSA) is 46.6 Å². The molecular formula is C15H15FN4. The van der Waals surface area contributed by atoms with Crippen LogP contribution in [0.4, 0.5) is 15.9 Å². The smallest absolute Gasteiger partial charge is 0.156 e. The number of hydrogen-bond donors (Lipinski definition) is 1. The second kappa shape index (κ2) is 4.94. The molecule has 2 aromatic heterocycles. The predicted octanol–water partition coefficient (Wildman–Crippen LogP) is 2.70. The zero-order chi connectivity index (χ0) is 14.1. The van der Waals surface area contributed by atoms with Crippen LogP contribution in [0.3, 0.4) is 0 Å². The number of nitrogens with zero attached hydrogens (tertiary/aromatic N) is 3. The van der Waals surface area contributed by atoms with E-state index in [1.165, 1.54) is 6.07 Å². The highest BCUT2D eigenvalue weighted by Crippen LogP contribution is 2.28. The summed E-state index contributed by atoms with van der Waals surface area (Å²) in [4.78, 5) is 6.27. The molecule has 0 aliphatic rings. The van der Waals surface area contributed by atoms with Gasteiger partial charge in [-0.3, -0.25) is 0 Å². The van der Waals surface area contributed by atoms with E-state index in [9.17, 15) is 4.39 Å². The average molecular weight is 270 g/mol. The van der Waals surface area contributed by atoms with Crippen LogP contribution in [0, 0.1) is 5.82 Å². The third-order valence-electron chi connectivity index (χ3n) is 3.33. The van der Waals surface area contributed by atoms with Crippen molar-refractivity contribution in [3.8, 4) is 0 Å². The van der Waals surface area contributed by atoms with E-state index in [4.69, 9.17) is 5.73 Å². The number of aromatic nitrogens is 2. The van der Waals surface area contributed by atoms with Gasteiger partial charge >= 0.3 is 0 Å². The van der Waals surface area contributed by atoms with Gasteiger partial charge in [0.05, 0.1) is 11.4 Å². The minimum absolute atomic E-state index is 0.282. The zero-order valence-corrected chi connectivity index (χ0v) is 11.1. The molecule has 0 aliphatic heterocycles. The summed E-state index contributed by atoms with van der Waals surface area (Å²) in [5.41, 5.74) is 7.96. The van der Waals surface area contributed by atoms with Crippen molar-refractivity contribution >= 4 is 17.2 Å². The number of fused-ring (bicyclic) bond motifs is 1. The Morgan fingerprint density at radius 1 is 1.20 bits per heavy atom. The van der Waals surface area contributed by atoms with Crippen molar-refractivity contribution in [3.63, 3.8) is 0 Å². The van der Waals surface area contributed by atoms with Gasteiger partial charge in [-0.05, 0) is 24.3 Å². The molecule has 0 bridgehead atoms. The minimum atomic E-state index is -0.282. The summed E-state index contributed by atoms with van der Waals surface area (Å²) >= 11 is 0. The van der Waals surface area contributed by atoms with E-state index in [0.29, 0.717) is 18.1 Å². The monoisotopic (exact) mass is 270 g/mol. The number of hydrogen-bond acceptors (Lipinski definition) is 3. The molecule has 4 nitrogen and oxygen atoms in total. The van der Waals surface area contributed by atoms with Crippen LogP contribution in [-0.4, -0.2) is 16.4 Å². The molecule has 0 saturated carbocycles. The van der Waals surface area contributed by atoms with Gasteiger partial charge in [0.15, 0.2) is 5.82 Å². The lowest BCUT2D eigenvalue weighted by atomic mass is 10.2. The Bertz CT molecular complexity index is 750. The van der Waals surface area contributed by atoms with E-state index >= 15 is 0 Å². The molecule has 2 heterocycles. The highest BCUT2D eigenvalue weighted by molar-refractivity contribution is 5.65. The Hall–Kier alpha value is -2.40. The van der Waals surface area contributed by atoms with Crippen LogP contribution in [0.1, 0.15) is 5.69 Å². The summed E-state index contributed by atoms with van der Waals surface area (Å²) in [5.74, 6) is 0.388. The molecule has 1 aromatic carbocycles. The first kappa shape index (κ1) is 12.6. The third-order valence-corrected chi connectivity index (χ3v) is 3.33. The highest BCUT2D eigenvalue weighted by Gasteiger charge is 2.17. The molecule has 3 rings (SSSR count). The fraction of sp³-hybridized carbons (Fsp3) is 0.133. The minimum Gasteiger partial charge on any atom is -0.325 e. The summed E-state index contributed by atoms with van der Waals surface area (Å²) in [6.45, 7) is 0.333. The van der Waals surface area contributed by atoms with E-state index in [0.717, 1.165) is 11.3 Å². The van der Waals surface area contributed by atoms with Crippen molar-refractivity contribution < 1.29 is 4.39 Å². The number of benzene rings is 1. The number of para-hydroxylation sites is 1. The molecule has 0 unspecified atom stereocenters. The molecule has 0 fully saturated rings. The third kappa shape index (κ3) is 1.92. The average Bonchev–Trinajstić information content (AvgIpc) is 2.85. The number of imidazole rings is 1. The molecule has 0 atom stereocenters. The Kier molecular flexibility index (Phi) is 3.12. The largest absolute Gasteiger partial charge is 0.325 e. The quantitative estimate of drug-likeness (QED) is 0.796. The first-order valence-corrected chi connectivity index (χ1v) is 6.36. The number of pyridine rings is 1. The lowest BCUT2D eigenvalue weighted by Gasteiger charge is -2.18. The normalized spacial score (nSPS) is 10.9. The van der Waals surface area contributed by atoms with Crippen LogP contribution in [0.25, 0.3) is 5.65 Å². The van der Waals surface area contributed by atoms with Gasteiger partial charge in [-0.1, -0.05) is 18.2 Å². The molecule has 0 amide bonds. The molecule has 0 aliphatic carbocycles. The maximum atomic E-state index is 13.9. The van der Waals surface area contributed by atoms with Crippen molar-refractivity contribution in [3.05, 3.63) is 60.2 Å². The first-order valence-electron chi connectivity index (χ1n) is 6.36. The van der Waals surface area contributed by atoms with Crippen LogP contribution in [0.2, 0.25) is 0 Å². The van der Waals surface area contributed by atoms with Crippen LogP contribution < -0.4 is 10.6 Å². The van der Waals surface area contributed by atoms with Gasteiger partial charge in [0.2, 0.25) is 0 Å². The molecule has 0 spiro atoms. The van der Waals surface area contributed by atoms with Gasteiger partial charge in [0.1, 0.15) is 11.5 Å². The fourth-order valence-electron chi connectivity index (χ4n) is 2.33. The van der Waals surface area contributed by atoms with E-state index in [1.54, 1.807) is 30.1 Å². The van der Waals surface area contributed by atoms with Crippen LogP contribution in [0.15, 0.2) is 48.7 Å². The summed E-state index contributed by atoms with van der Waals surface area (Å²) in [5, 5.41) is 0. The maximum Gasteiger partial charge on any atom is 0.156 e. The molecule has 102 valence electrons. The Morgan fingerprint density at radius 3 is 2.70 bits per heavy atom. The molecule has 2 N–H and O–H groups in total. The van der Waals surface area contributed by atoms with Gasteiger partial charge in [0, 0.05) is 19.8 Å². The standard InChI is InChI=1S/C15H15FN4/c1-19(12-7-3-2-6-11(12)16)15-13(10-17)20-9-5-4-8-14(20)18-15/h2-9H,10,17H2,1H3. The second-order valence-corrected chi connectivity index (χ2v) is 4.53. The maximum absolute atomic E-state index is 13.9. The van der Waals surface area contributed by atoms with Crippen molar-refractivity contribution in [2.45, 2.75) is 6.54 Å². The fourth-order valence-corrected chi connectivity index (χ4v) is 2.33. The molecule has 0 radical (unpaired) electrons. The molecule has 3 aromatic rings. The van der Waals surface area contributed by atoms with Crippen LogP contribution in [-0.2, 0) is 6.54 Å². The summed E-state index contributed by atoms with van der Waals surface area (Å²) in [6.07, 6.45) is 1.91. The Balaban J connectivity index is 2.17. The molecule has 5 heteroatoms.